The molecule has 4 rings (SSSR count). The maximum atomic E-state index is 13.1. The topological polar surface area (TPSA) is 82.5 Å². The summed E-state index contributed by atoms with van der Waals surface area (Å²) in [7, 11) is 3.19. The first kappa shape index (κ1) is 23.8. The third kappa shape index (κ3) is 5.60. The van der Waals surface area contributed by atoms with Gasteiger partial charge in [-0.25, -0.2) is 4.98 Å². The number of methoxy groups -OCH3 is 2. The van der Waals surface area contributed by atoms with Gasteiger partial charge in [-0.15, -0.1) is 11.3 Å². The van der Waals surface area contributed by atoms with E-state index in [1.807, 2.05) is 60.0 Å². The van der Waals surface area contributed by atoms with Gasteiger partial charge in [0, 0.05) is 6.54 Å². The second kappa shape index (κ2) is 11.2. The van der Waals surface area contributed by atoms with E-state index in [0.29, 0.717) is 46.4 Å². The zero-order valence-electron chi connectivity index (χ0n) is 18.9. The Hall–Kier alpha value is -3.30. The van der Waals surface area contributed by atoms with E-state index in [9.17, 15) is 9.59 Å². The molecule has 1 N–H and O–H groups in total. The van der Waals surface area contributed by atoms with Crippen LogP contribution in [-0.2, 0) is 17.8 Å². The largest absolute Gasteiger partial charge is 0.493 e. The van der Waals surface area contributed by atoms with E-state index in [2.05, 4.69) is 10.3 Å². The van der Waals surface area contributed by atoms with Gasteiger partial charge in [0.15, 0.2) is 16.7 Å². The number of thioether (sulfide) groups is 1. The molecule has 0 aliphatic heterocycles. The number of hydrogen-bond acceptors (Lipinski definition) is 7. The molecule has 9 heteroatoms. The second-order valence-corrected chi connectivity index (χ2v) is 9.34. The molecule has 0 atom stereocenters. The van der Waals surface area contributed by atoms with Crippen molar-refractivity contribution in [1.29, 1.82) is 0 Å². The molecule has 0 bridgehead atoms. The first-order valence-corrected chi connectivity index (χ1v) is 12.6. The van der Waals surface area contributed by atoms with Gasteiger partial charge in [0.2, 0.25) is 5.91 Å². The van der Waals surface area contributed by atoms with Gasteiger partial charge in [-0.05, 0) is 41.1 Å². The predicted octanol–water partition coefficient (Wildman–Crippen LogP) is 3.97. The number of aromatic nitrogens is 2. The molecule has 1 amide bonds. The van der Waals surface area contributed by atoms with E-state index in [4.69, 9.17) is 9.47 Å². The number of carbonyl (C=O) groups excluding carboxylic acids is 1. The fourth-order valence-electron chi connectivity index (χ4n) is 3.50. The lowest BCUT2D eigenvalue weighted by atomic mass is 10.1. The van der Waals surface area contributed by atoms with Crippen molar-refractivity contribution in [3.05, 3.63) is 81.5 Å². The molecule has 0 spiro atoms. The first-order valence-electron chi connectivity index (χ1n) is 10.7. The summed E-state index contributed by atoms with van der Waals surface area (Å²) in [4.78, 5) is 30.3. The third-order valence-electron chi connectivity index (χ3n) is 5.23. The van der Waals surface area contributed by atoms with Gasteiger partial charge >= 0.3 is 0 Å². The van der Waals surface area contributed by atoms with Crippen molar-refractivity contribution in [1.82, 2.24) is 14.9 Å². The fourth-order valence-corrected chi connectivity index (χ4v) is 5.11. The number of benzene rings is 2. The SMILES string of the molecule is COc1ccc(CCNC(=O)CSc2nc3ccsc3c(=O)n2Cc2ccccc2)cc1OC. The van der Waals surface area contributed by atoms with Crippen LogP contribution in [-0.4, -0.2) is 42.0 Å². The van der Waals surface area contributed by atoms with Gasteiger partial charge in [-0.1, -0.05) is 48.2 Å². The standard InChI is InChI=1S/C25H25N3O4S2/c1-31-20-9-8-17(14-21(20)32-2)10-12-26-22(29)16-34-25-27-19-11-13-33-23(19)24(30)28(25)15-18-6-4-3-5-7-18/h3-9,11,13-14H,10,12,15-16H2,1-2H3,(H,26,29). The number of amides is 1. The monoisotopic (exact) mass is 495 g/mol. The third-order valence-corrected chi connectivity index (χ3v) is 7.10. The second-order valence-electron chi connectivity index (χ2n) is 7.48. The summed E-state index contributed by atoms with van der Waals surface area (Å²) in [5.74, 6) is 1.39. The van der Waals surface area contributed by atoms with E-state index in [1.54, 1.807) is 18.8 Å². The maximum absolute atomic E-state index is 13.1. The molecule has 0 aliphatic carbocycles. The molecule has 2 heterocycles. The van der Waals surface area contributed by atoms with Crippen LogP contribution >= 0.6 is 23.1 Å². The molecule has 0 fully saturated rings. The van der Waals surface area contributed by atoms with Crippen LogP contribution in [0.2, 0.25) is 0 Å². The molecule has 7 nitrogen and oxygen atoms in total. The Morgan fingerprint density at radius 3 is 2.62 bits per heavy atom. The molecular weight excluding hydrogens is 470 g/mol. The number of carbonyl (C=O) groups is 1. The Morgan fingerprint density at radius 2 is 1.85 bits per heavy atom. The Labute approximate surface area is 205 Å². The zero-order valence-corrected chi connectivity index (χ0v) is 20.6. The highest BCUT2D eigenvalue weighted by atomic mass is 32.2. The minimum absolute atomic E-state index is 0.0831. The summed E-state index contributed by atoms with van der Waals surface area (Å²) in [5.41, 5.74) is 2.62. The van der Waals surface area contributed by atoms with Crippen molar-refractivity contribution in [3.63, 3.8) is 0 Å². The molecule has 0 unspecified atom stereocenters. The van der Waals surface area contributed by atoms with Gasteiger partial charge in [-0.3, -0.25) is 14.2 Å². The smallest absolute Gasteiger partial charge is 0.272 e. The summed E-state index contributed by atoms with van der Waals surface area (Å²) < 4.78 is 12.9. The quantitative estimate of drug-likeness (QED) is 0.265. The molecule has 0 aliphatic rings. The van der Waals surface area contributed by atoms with Crippen LogP contribution in [0.3, 0.4) is 0 Å². The molecule has 2 aromatic heterocycles. The lowest BCUT2D eigenvalue weighted by Gasteiger charge is -2.12. The zero-order chi connectivity index (χ0) is 23.9. The van der Waals surface area contributed by atoms with Crippen LogP contribution in [0.5, 0.6) is 11.5 Å². The highest BCUT2D eigenvalue weighted by Gasteiger charge is 2.15. The Morgan fingerprint density at radius 1 is 1.06 bits per heavy atom. The number of ether oxygens (including phenoxy) is 2. The highest BCUT2D eigenvalue weighted by Crippen LogP contribution is 2.27. The predicted molar refractivity (Wildman–Crippen MR) is 136 cm³/mol. The van der Waals surface area contributed by atoms with Crippen molar-refractivity contribution >= 4 is 39.2 Å². The maximum Gasteiger partial charge on any atom is 0.272 e. The fraction of sp³-hybridized carbons (Fsp3) is 0.240. The van der Waals surface area contributed by atoms with E-state index >= 15 is 0 Å². The minimum Gasteiger partial charge on any atom is -0.493 e. The van der Waals surface area contributed by atoms with E-state index in [-0.39, 0.29) is 17.2 Å². The highest BCUT2D eigenvalue weighted by molar-refractivity contribution is 7.99. The van der Waals surface area contributed by atoms with Crippen molar-refractivity contribution in [2.75, 3.05) is 26.5 Å². The molecule has 176 valence electrons. The van der Waals surface area contributed by atoms with Crippen LogP contribution in [0.15, 0.2) is 69.9 Å². The summed E-state index contributed by atoms with van der Waals surface area (Å²) in [6, 6.07) is 17.3. The molecule has 34 heavy (non-hydrogen) atoms. The summed E-state index contributed by atoms with van der Waals surface area (Å²) in [5, 5.41) is 5.34. The Kier molecular flexibility index (Phi) is 7.87. The number of nitrogens with one attached hydrogen (secondary N) is 1. The van der Waals surface area contributed by atoms with Gasteiger partial charge in [0.1, 0.15) is 4.70 Å². The lowest BCUT2D eigenvalue weighted by molar-refractivity contribution is -0.118. The molecule has 0 radical (unpaired) electrons. The summed E-state index contributed by atoms with van der Waals surface area (Å²) in [6.07, 6.45) is 0.661. The number of nitrogens with zero attached hydrogens (tertiary/aromatic N) is 2. The van der Waals surface area contributed by atoms with Gasteiger partial charge in [-0.2, -0.15) is 0 Å². The van der Waals surface area contributed by atoms with Crippen molar-refractivity contribution in [2.24, 2.45) is 0 Å². The summed E-state index contributed by atoms with van der Waals surface area (Å²) in [6.45, 7) is 0.895. The normalized spacial score (nSPS) is 10.9. The molecule has 0 saturated heterocycles. The molecular formula is C25H25N3O4S2. The van der Waals surface area contributed by atoms with Crippen LogP contribution in [0.4, 0.5) is 0 Å². The average Bonchev–Trinajstić information content (AvgIpc) is 3.34. The van der Waals surface area contributed by atoms with Gasteiger partial charge in [0.05, 0.1) is 32.0 Å². The molecule has 4 aromatic rings. The number of fused-ring (bicyclic) bond motifs is 1. The van der Waals surface area contributed by atoms with Crippen LogP contribution in [0.1, 0.15) is 11.1 Å². The first-order chi connectivity index (χ1) is 16.6. The van der Waals surface area contributed by atoms with Gasteiger partial charge < -0.3 is 14.8 Å². The van der Waals surface area contributed by atoms with E-state index in [1.165, 1.54) is 23.1 Å². The van der Waals surface area contributed by atoms with Crippen molar-refractivity contribution < 1.29 is 14.3 Å². The van der Waals surface area contributed by atoms with E-state index < -0.39 is 0 Å². The van der Waals surface area contributed by atoms with Crippen molar-refractivity contribution in [3.8, 4) is 11.5 Å². The van der Waals surface area contributed by atoms with Crippen molar-refractivity contribution in [2.45, 2.75) is 18.1 Å². The summed E-state index contributed by atoms with van der Waals surface area (Å²) >= 11 is 2.66. The van der Waals surface area contributed by atoms with Crippen LogP contribution < -0.4 is 20.3 Å². The average molecular weight is 496 g/mol. The minimum atomic E-state index is -0.114. The van der Waals surface area contributed by atoms with Crippen LogP contribution in [0, 0.1) is 0 Å². The number of hydrogen-bond donors (Lipinski definition) is 1. The van der Waals surface area contributed by atoms with E-state index in [0.717, 1.165) is 11.1 Å². The number of thiophene rings is 1. The number of rotatable bonds is 10. The lowest BCUT2D eigenvalue weighted by Crippen LogP contribution is -2.28. The van der Waals surface area contributed by atoms with Crippen LogP contribution in [0.25, 0.3) is 10.2 Å². The Balaban J connectivity index is 1.40. The van der Waals surface area contributed by atoms with Gasteiger partial charge in [0.25, 0.3) is 5.56 Å². The molecule has 2 aromatic carbocycles. The Bertz CT molecular complexity index is 1340. The molecule has 0 saturated carbocycles.